The Morgan fingerprint density at radius 2 is 1.79 bits per heavy atom. The van der Waals surface area contributed by atoms with Crippen LogP contribution in [0.15, 0.2) is 66.9 Å². The lowest BCUT2D eigenvalue weighted by Gasteiger charge is -2.23. The molecule has 0 unspecified atom stereocenters. The van der Waals surface area contributed by atoms with Crippen molar-refractivity contribution in [1.82, 2.24) is 0 Å². The number of aryl methyl sites for hydroxylation is 3. The van der Waals surface area contributed by atoms with Crippen LogP contribution in [-0.4, -0.2) is 7.11 Å². The second-order valence-corrected chi connectivity index (χ2v) is 7.13. The van der Waals surface area contributed by atoms with E-state index in [4.69, 9.17) is 9.47 Å². The Kier molecular flexibility index (Phi) is 4.74. The molecule has 0 amide bonds. The molecule has 0 fully saturated rings. The number of aromatic nitrogens is 1. The number of methoxy groups -OCH3 is 1. The number of rotatable bonds is 3. The number of nitrogens with zero attached hydrogens (tertiary/aromatic N) is 1. The minimum absolute atomic E-state index is 0.833. The summed E-state index contributed by atoms with van der Waals surface area (Å²) in [5.41, 5.74) is 6.78. The van der Waals surface area contributed by atoms with E-state index in [9.17, 15) is 0 Å². The third kappa shape index (κ3) is 3.44. The van der Waals surface area contributed by atoms with E-state index < -0.39 is 0 Å². The fraction of sp³-hybridized carbons (Fsp3) is 0.160. The summed E-state index contributed by atoms with van der Waals surface area (Å²) in [5.74, 6) is 2.59. The molecule has 1 aromatic heterocycles. The van der Waals surface area contributed by atoms with Crippen LogP contribution in [0.5, 0.6) is 11.5 Å². The molecule has 140 valence electrons. The van der Waals surface area contributed by atoms with Gasteiger partial charge in [0.25, 0.3) is 0 Å². The molecule has 1 aliphatic rings. The van der Waals surface area contributed by atoms with Crippen LogP contribution >= 0.6 is 0 Å². The van der Waals surface area contributed by atoms with Crippen molar-refractivity contribution >= 4 is 17.4 Å². The molecule has 4 rings (SSSR count). The predicted molar refractivity (Wildman–Crippen MR) is 113 cm³/mol. The van der Waals surface area contributed by atoms with Crippen LogP contribution in [0.1, 0.15) is 27.9 Å². The quantitative estimate of drug-likeness (QED) is 0.598. The zero-order valence-electron chi connectivity index (χ0n) is 16.7. The van der Waals surface area contributed by atoms with Crippen molar-refractivity contribution in [3.05, 3.63) is 94.8 Å². The SMILES string of the molecule is COc1ccc(C2=C/C(=C\c3cccc[n+]3C)c3cc(C)cc(C)c3O2)cc1. The van der Waals surface area contributed by atoms with Crippen molar-refractivity contribution in [2.75, 3.05) is 7.11 Å². The summed E-state index contributed by atoms with van der Waals surface area (Å²) in [5, 5.41) is 0. The highest BCUT2D eigenvalue weighted by Gasteiger charge is 2.21. The minimum Gasteiger partial charge on any atom is -0.497 e. The van der Waals surface area contributed by atoms with Crippen molar-refractivity contribution in [1.29, 1.82) is 0 Å². The average molecular weight is 370 g/mol. The van der Waals surface area contributed by atoms with Gasteiger partial charge in [-0.2, -0.15) is 0 Å². The zero-order chi connectivity index (χ0) is 19.7. The van der Waals surface area contributed by atoms with Crippen LogP contribution in [0, 0.1) is 13.8 Å². The van der Waals surface area contributed by atoms with Gasteiger partial charge in [-0.15, -0.1) is 0 Å². The number of pyridine rings is 1. The minimum atomic E-state index is 0.833. The molecule has 2 heterocycles. The highest BCUT2D eigenvalue weighted by Crippen LogP contribution is 2.40. The summed E-state index contributed by atoms with van der Waals surface area (Å²) in [6.07, 6.45) is 6.39. The van der Waals surface area contributed by atoms with E-state index in [1.807, 2.05) is 30.3 Å². The number of hydrogen-bond donors (Lipinski definition) is 0. The summed E-state index contributed by atoms with van der Waals surface area (Å²) in [6, 6.07) is 18.5. The lowest BCUT2D eigenvalue weighted by atomic mass is 9.94. The fourth-order valence-corrected chi connectivity index (χ4v) is 3.53. The average Bonchev–Trinajstić information content (AvgIpc) is 2.70. The van der Waals surface area contributed by atoms with Crippen LogP contribution in [0.4, 0.5) is 0 Å². The van der Waals surface area contributed by atoms with Gasteiger partial charge in [-0.1, -0.05) is 6.07 Å². The van der Waals surface area contributed by atoms with Gasteiger partial charge < -0.3 is 9.47 Å². The van der Waals surface area contributed by atoms with E-state index in [0.717, 1.165) is 45.2 Å². The number of ether oxygens (including phenoxy) is 2. The van der Waals surface area contributed by atoms with Crippen molar-refractivity contribution in [3.63, 3.8) is 0 Å². The van der Waals surface area contributed by atoms with E-state index >= 15 is 0 Å². The van der Waals surface area contributed by atoms with Crippen molar-refractivity contribution in [2.24, 2.45) is 7.05 Å². The van der Waals surface area contributed by atoms with E-state index in [-0.39, 0.29) is 0 Å². The van der Waals surface area contributed by atoms with Gasteiger partial charge in [0.05, 0.1) is 7.11 Å². The van der Waals surface area contributed by atoms with E-state index in [1.165, 1.54) is 5.56 Å². The smallest absolute Gasteiger partial charge is 0.205 e. The van der Waals surface area contributed by atoms with Gasteiger partial charge in [-0.3, -0.25) is 0 Å². The molecule has 0 saturated carbocycles. The highest BCUT2D eigenvalue weighted by molar-refractivity contribution is 5.95. The maximum atomic E-state index is 6.35. The van der Waals surface area contributed by atoms with E-state index in [1.54, 1.807) is 7.11 Å². The van der Waals surface area contributed by atoms with Crippen LogP contribution in [0.2, 0.25) is 0 Å². The van der Waals surface area contributed by atoms with Gasteiger partial charge >= 0.3 is 0 Å². The Hall–Kier alpha value is -3.33. The molecule has 0 radical (unpaired) electrons. The monoisotopic (exact) mass is 370 g/mol. The van der Waals surface area contributed by atoms with Gasteiger partial charge in [0, 0.05) is 29.3 Å². The molecule has 2 aromatic carbocycles. The first-order chi connectivity index (χ1) is 13.5. The van der Waals surface area contributed by atoms with Gasteiger partial charge in [-0.25, -0.2) is 4.57 Å². The van der Waals surface area contributed by atoms with Crippen molar-refractivity contribution in [2.45, 2.75) is 13.8 Å². The maximum Gasteiger partial charge on any atom is 0.205 e. The Bertz CT molecular complexity index is 1090. The number of hydrogen-bond acceptors (Lipinski definition) is 2. The van der Waals surface area contributed by atoms with Crippen molar-refractivity contribution in [3.8, 4) is 11.5 Å². The molecule has 3 aromatic rings. The molecule has 3 nitrogen and oxygen atoms in total. The molecule has 28 heavy (non-hydrogen) atoms. The highest BCUT2D eigenvalue weighted by atomic mass is 16.5. The predicted octanol–water partition coefficient (Wildman–Crippen LogP) is 5.11. The topological polar surface area (TPSA) is 22.3 Å². The summed E-state index contributed by atoms with van der Waals surface area (Å²) < 4.78 is 13.7. The lowest BCUT2D eigenvalue weighted by Crippen LogP contribution is -2.30. The normalized spacial score (nSPS) is 14.3. The molecule has 0 aliphatic carbocycles. The molecular formula is C25H24NO2+. The Morgan fingerprint density at radius 3 is 2.50 bits per heavy atom. The van der Waals surface area contributed by atoms with Crippen molar-refractivity contribution < 1.29 is 14.0 Å². The van der Waals surface area contributed by atoms with Gasteiger partial charge in [-0.05, 0) is 73.0 Å². The van der Waals surface area contributed by atoms with Gasteiger partial charge in [0.2, 0.25) is 5.69 Å². The largest absolute Gasteiger partial charge is 0.497 e. The van der Waals surface area contributed by atoms with E-state index in [0.29, 0.717) is 0 Å². The maximum absolute atomic E-state index is 6.35. The third-order valence-electron chi connectivity index (χ3n) is 5.00. The summed E-state index contributed by atoms with van der Waals surface area (Å²) in [7, 11) is 3.73. The molecule has 0 bridgehead atoms. The summed E-state index contributed by atoms with van der Waals surface area (Å²) in [4.78, 5) is 0. The fourth-order valence-electron chi connectivity index (χ4n) is 3.53. The number of allylic oxidation sites excluding steroid dienone is 2. The van der Waals surface area contributed by atoms with Crippen LogP contribution in [-0.2, 0) is 7.05 Å². The standard InChI is InChI=1S/C25H24NO2/c1-17-13-18(2)25-23(14-17)20(15-21-7-5-6-12-26(21)3)16-24(28-25)19-8-10-22(27-4)11-9-19/h5-16H,1-4H3/q+1/b20-15+. The molecular weight excluding hydrogens is 346 g/mol. The molecule has 0 spiro atoms. The Morgan fingerprint density at radius 1 is 1.00 bits per heavy atom. The number of fused-ring (bicyclic) bond motifs is 1. The second-order valence-electron chi connectivity index (χ2n) is 7.13. The van der Waals surface area contributed by atoms with Crippen LogP contribution in [0.25, 0.3) is 17.4 Å². The van der Waals surface area contributed by atoms with E-state index in [2.05, 4.69) is 68.1 Å². The molecule has 0 saturated heterocycles. The van der Waals surface area contributed by atoms with Crippen LogP contribution < -0.4 is 14.0 Å². The molecule has 1 aliphatic heterocycles. The molecule has 0 N–H and O–H groups in total. The second kappa shape index (κ2) is 7.35. The third-order valence-corrected chi connectivity index (χ3v) is 5.00. The first-order valence-electron chi connectivity index (χ1n) is 9.37. The lowest BCUT2D eigenvalue weighted by molar-refractivity contribution is -0.673. The number of benzene rings is 2. The Labute approximate surface area is 166 Å². The van der Waals surface area contributed by atoms with Gasteiger partial charge in [0.1, 0.15) is 24.3 Å². The molecule has 3 heteroatoms. The Balaban J connectivity index is 1.88. The first-order valence-corrected chi connectivity index (χ1v) is 9.37. The first kappa shape index (κ1) is 18.1. The summed E-state index contributed by atoms with van der Waals surface area (Å²) >= 11 is 0. The van der Waals surface area contributed by atoms with Crippen LogP contribution in [0.3, 0.4) is 0 Å². The van der Waals surface area contributed by atoms with Gasteiger partial charge in [0.15, 0.2) is 6.20 Å². The molecule has 0 atom stereocenters. The zero-order valence-corrected chi connectivity index (χ0v) is 16.7. The summed E-state index contributed by atoms with van der Waals surface area (Å²) in [6.45, 7) is 4.22.